The number of hydrogen-bond donors (Lipinski definition) is 2. The van der Waals surface area contributed by atoms with E-state index in [1.165, 1.54) is 30.3 Å². The first-order chi connectivity index (χ1) is 8.49. The minimum atomic E-state index is -1.22. The average molecular weight is 269 g/mol. The summed E-state index contributed by atoms with van der Waals surface area (Å²) >= 11 is 5.70. The van der Waals surface area contributed by atoms with Crippen LogP contribution in [0, 0.1) is 4.91 Å². The molecule has 1 aromatic carbocycles. The molecule has 2 N–H and O–H groups in total. The van der Waals surface area contributed by atoms with Crippen LogP contribution in [0.25, 0.3) is 11.3 Å². The number of carboxylic acid groups (broad SMARTS) is 1. The summed E-state index contributed by atoms with van der Waals surface area (Å²) in [6.45, 7) is 0. The largest absolute Gasteiger partial charge is 0.475 e. The van der Waals surface area contributed by atoms with Crippen LogP contribution in [-0.2, 0) is 0 Å². The molecule has 0 aliphatic rings. The third kappa shape index (κ3) is 2.18. The van der Waals surface area contributed by atoms with Gasteiger partial charge in [-0.25, -0.2) is 10.0 Å². The van der Waals surface area contributed by atoms with Crippen molar-refractivity contribution in [1.82, 2.24) is 0 Å². The van der Waals surface area contributed by atoms with Gasteiger partial charge in [-0.2, -0.15) is 0 Å². The summed E-state index contributed by atoms with van der Waals surface area (Å²) in [5, 5.41) is 18.0. The number of hydrogen-bond acceptors (Lipinski definition) is 3. The Balaban J connectivity index is 2.55. The molecule has 0 radical (unpaired) electrons. The zero-order valence-electron chi connectivity index (χ0n) is 8.83. The minimum absolute atomic E-state index is 0.131. The van der Waals surface area contributed by atoms with Crippen LogP contribution < -0.4 is 0 Å². The van der Waals surface area contributed by atoms with Crippen LogP contribution in [0.5, 0.6) is 0 Å². The van der Waals surface area contributed by atoms with E-state index in [0.29, 0.717) is 0 Å². The number of halogens is 1. The second-order valence-electron chi connectivity index (χ2n) is 3.40. The molecule has 0 aliphatic carbocycles. The Morgan fingerprint density at radius 2 is 2.00 bits per heavy atom. The standard InChI is InChI=1S/C11H6ClNO5/c12-6-1-2-7(8(5-6)13(16)17)9-3-4-10(18-9)11(14)15/h1-5H,(H-,14,15,16,17)/p+1. The summed E-state index contributed by atoms with van der Waals surface area (Å²) in [6, 6.07) is 6.82. The van der Waals surface area contributed by atoms with Crippen LogP contribution in [-0.4, -0.2) is 21.2 Å². The molecule has 1 aromatic heterocycles. The maximum absolute atomic E-state index is 11.0. The number of benzene rings is 1. The van der Waals surface area contributed by atoms with Gasteiger partial charge in [-0.05, 0) is 24.3 Å². The van der Waals surface area contributed by atoms with E-state index < -0.39 is 5.97 Å². The fourth-order valence-electron chi connectivity index (χ4n) is 1.47. The van der Waals surface area contributed by atoms with Crippen molar-refractivity contribution < 1.29 is 24.4 Å². The molecule has 0 fully saturated rings. The summed E-state index contributed by atoms with van der Waals surface area (Å²) < 4.78 is 5.04. The van der Waals surface area contributed by atoms with E-state index >= 15 is 0 Å². The van der Waals surface area contributed by atoms with Gasteiger partial charge in [0.15, 0.2) is 0 Å². The van der Waals surface area contributed by atoms with E-state index in [-0.39, 0.29) is 32.7 Å². The Hall–Kier alpha value is -2.34. The van der Waals surface area contributed by atoms with Crippen LogP contribution in [0.1, 0.15) is 10.6 Å². The minimum Gasteiger partial charge on any atom is -0.475 e. The van der Waals surface area contributed by atoms with Crippen molar-refractivity contribution in [2.75, 3.05) is 0 Å². The molecule has 0 amide bonds. The predicted octanol–water partition coefficient (Wildman–Crippen LogP) is 3.10. The first-order valence-corrected chi connectivity index (χ1v) is 5.16. The molecular weight excluding hydrogens is 262 g/mol. The number of furan rings is 1. The van der Waals surface area contributed by atoms with Crippen molar-refractivity contribution in [3.05, 3.63) is 46.0 Å². The number of rotatable bonds is 3. The summed E-state index contributed by atoms with van der Waals surface area (Å²) in [4.78, 5) is 21.3. The van der Waals surface area contributed by atoms with Crippen molar-refractivity contribution in [3.63, 3.8) is 0 Å². The van der Waals surface area contributed by atoms with E-state index in [1.54, 1.807) is 0 Å². The monoisotopic (exact) mass is 268 g/mol. The third-order valence-corrected chi connectivity index (χ3v) is 2.48. The number of carbonyl (C=O) groups is 1. The highest BCUT2D eigenvalue weighted by molar-refractivity contribution is 6.30. The third-order valence-electron chi connectivity index (χ3n) is 2.25. The molecule has 92 valence electrons. The van der Waals surface area contributed by atoms with Gasteiger partial charge in [0.2, 0.25) is 5.76 Å². The highest BCUT2D eigenvalue weighted by Crippen LogP contribution is 2.32. The summed E-state index contributed by atoms with van der Waals surface area (Å²) in [5.41, 5.74) is 0.109. The lowest BCUT2D eigenvalue weighted by Crippen LogP contribution is -1.95. The molecule has 0 saturated heterocycles. The topological polar surface area (TPSA) is 90.8 Å². The zero-order valence-corrected chi connectivity index (χ0v) is 9.59. The van der Waals surface area contributed by atoms with Crippen molar-refractivity contribution in [3.8, 4) is 11.3 Å². The van der Waals surface area contributed by atoms with Crippen LogP contribution in [0.15, 0.2) is 34.7 Å². The van der Waals surface area contributed by atoms with E-state index in [4.69, 9.17) is 26.3 Å². The zero-order chi connectivity index (χ0) is 13.3. The van der Waals surface area contributed by atoms with Gasteiger partial charge in [-0.15, -0.1) is 0 Å². The summed E-state index contributed by atoms with van der Waals surface area (Å²) in [5.74, 6) is -1.34. The van der Waals surface area contributed by atoms with Gasteiger partial charge in [0.1, 0.15) is 5.76 Å². The molecule has 0 aliphatic heterocycles. The second-order valence-corrected chi connectivity index (χ2v) is 3.84. The van der Waals surface area contributed by atoms with Crippen molar-refractivity contribution in [2.45, 2.75) is 0 Å². The van der Waals surface area contributed by atoms with Gasteiger partial charge in [-0.1, -0.05) is 11.6 Å². The predicted molar refractivity (Wildman–Crippen MR) is 61.2 cm³/mol. The molecule has 0 bridgehead atoms. The molecule has 0 spiro atoms. The van der Waals surface area contributed by atoms with Gasteiger partial charge < -0.3 is 9.52 Å². The smallest absolute Gasteiger partial charge is 0.371 e. The molecule has 2 aromatic rings. The second kappa shape index (κ2) is 4.50. The van der Waals surface area contributed by atoms with Gasteiger partial charge in [0.05, 0.1) is 10.5 Å². The normalized spacial score (nSPS) is 10.3. The Morgan fingerprint density at radius 3 is 2.56 bits per heavy atom. The Kier molecular flexibility index (Phi) is 3.03. The quantitative estimate of drug-likeness (QED) is 0.835. The van der Waals surface area contributed by atoms with Crippen LogP contribution in [0.2, 0.25) is 5.02 Å². The maximum Gasteiger partial charge on any atom is 0.371 e. The van der Waals surface area contributed by atoms with Crippen LogP contribution >= 0.6 is 11.6 Å². The fourth-order valence-corrected chi connectivity index (χ4v) is 1.64. The van der Waals surface area contributed by atoms with Gasteiger partial charge in [-0.3, -0.25) is 0 Å². The lowest BCUT2D eigenvalue weighted by Gasteiger charge is -1.97. The lowest BCUT2D eigenvalue weighted by atomic mass is 10.1. The fraction of sp³-hybridized carbons (Fsp3) is 0. The lowest BCUT2D eigenvalue weighted by molar-refractivity contribution is -0.729. The number of nitrogens with zero attached hydrogens (tertiary/aromatic N) is 1. The highest BCUT2D eigenvalue weighted by Gasteiger charge is 2.23. The van der Waals surface area contributed by atoms with E-state index in [9.17, 15) is 9.70 Å². The van der Waals surface area contributed by atoms with Crippen molar-refractivity contribution in [1.29, 1.82) is 0 Å². The van der Waals surface area contributed by atoms with Crippen LogP contribution in [0.3, 0.4) is 0 Å². The molecule has 1 heterocycles. The van der Waals surface area contributed by atoms with Gasteiger partial charge in [0.25, 0.3) is 4.92 Å². The summed E-state index contributed by atoms with van der Waals surface area (Å²) in [7, 11) is 0. The molecule has 6 nitrogen and oxygen atoms in total. The molecule has 7 heteroatoms. The molecule has 0 saturated carbocycles. The van der Waals surface area contributed by atoms with Gasteiger partial charge >= 0.3 is 11.7 Å². The van der Waals surface area contributed by atoms with E-state index in [1.807, 2.05) is 0 Å². The molecular formula is C11H7ClNO5+. The van der Waals surface area contributed by atoms with E-state index in [2.05, 4.69) is 0 Å². The summed E-state index contributed by atoms with van der Waals surface area (Å²) in [6.07, 6.45) is 0. The van der Waals surface area contributed by atoms with Crippen molar-refractivity contribution >= 4 is 23.3 Å². The Bertz CT molecular complexity index is 634. The molecule has 0 atom stereocenters. The molecule has 18 heavy (non-hydrogen) atoms. The highest BCUT2D eigenvalue weighted by atomic mass is 35.5. The molecule has 2 rings (SSSR count). The number of aromatic carboxylic acids is 1. The first-order valence-electron chi connectivity index (χ1n) is 4.78. The van der Waals surface area contributed by atoms with Gasteiger partial charge in [0, 0.05) is 11.1 Å². The maximum atomic E-state index is 11.0. The Labute approximate surface area is 106 Å². The van der Waals surface area contributed by atoms with Crippen LogP contribution in [0.4, 0.5) is 5.69 Å². The first kappa shape index (κ1) is 12.1. The Morgan fingerprint density at radius 1 is 1.28 bits per heavy atom. The number of carboxylic acids is 1. The van der Waals surface area contributed by atoms with Crippen molar-refractivity contribution in [2.24, 2.45) is 0 Å². The average Bonchev–Trinajstić information content (AvgIpc) is 2.78. The SMILES string of the molecule is O=C(O)c1ccc(-c2ccc(Cl)cc2[N+](=O)O)o1. The molecule has 0 unspecified atom stereocenters. The van der Waals surface area contributed by atoms with E-state index in [0.717, 1.165) is 0 Å².